The Bertz CT molecular complexity index is 934. The summed E-state index contributed by atoms with van der Waals surface area (Å²) >= 11 is 0. The van der Waals surface area contributed by atoms with Crippen LogP contribution in [0.1, 0.15) is 38.2 Å². The number of hydrogen-bond acceptors (Lipinski definition) is 6. The summed E-state index contributed by atoms with van der Waals surface area (Å²) in [6.07, 6.45) is 3.66. The van der Waals surface area contributed by atoms with Crippen LogP contribution in [0.2, 0.25) is 0 Å². The molecule has 2 aliphatic rings. The molecule has 1 aliphatic carbocycles. The first kappa shape index (κ1) is 20.3. The molecular formula is C20H23NO6S. The van der Waals surface area contributed by atoms with E-state index in [0.29, 0.717) is 12.8 Å². The summed E-state index contributed by atoms with van der Waals surface area (Å²) in [5.41, 5.74) is -0.436. The fraction of sp³-hybridized carbons (Fsp3) is 0.450. The minimum absolute atomic E-state index is 0.0246. The van der Waals surface area contributed by atoms with Gasteiger partial charge in [-0.1, -0.05) is 23.8 Å². The van der Waals surface area contributed by atoms with Gasteiger partial charge in [-0.25, -0.2) is 17.5 Å². The average molecular weight is 405 g/mol. The normalized spacial score (nSPS) is 25.2. The Kier molecular flexibility index (Phi) is 5.43. The molecule has 1 heterocycles. The van der Waals surface area contributed by atoms with Gasteiger partial charge in [0.2, 0.25) is 0 Å². The van der Waals surface area contributed by atoms with E-state index >= 15 is 0 Å². The van der Waals surface area contributed by atoms with Crippen molar-refractivity contribution in [3.8, 4) is 0 Å². The molecule has 2 fully saturated rings. The van der Waals surface area contributed by atoms with Gasteiger partial charge in [0.05, 0.1) is 17.5 Å². The molecule has 0 radical (unpaired) electrons. The SMILES string of the molecule is CCOC(=O)/C=C/[C@H]1C[C@]2(CCCC2=O)C(=O)N1S(=O)(=O)c1ccc(C)cc1. The van der Waals surface area contributed by atoms with Crippen molar-refractivity contribution in [1.29, 1.82) is 0 Å². The van der Waals surface area contributed by atoms with E-state index in [4.69, 9.17) is 4.74 Å². The second kappa shape index (κ2) is 7.50. The van der Waals surface area contributed by atoms with Crippen LogP contribution in [0.25, 0.3) is 0 Å². The van der Waals surface area contributed by atoms with Crippen molar-refractivity contribution in [2.24, 2.45) is 5.41 Å². The molecule has 0 bridgehead atoms. The maximum absolute atomic E-state index is 13.2. The maximum atomic E-state index is 13.2. The highest BCUT2D eigenvalue weighted by Crippen LogP contribution is 2.48. The molecule has 1 amide bonds. The van der Waals surface area contributed by atoms with E-state index in [0.717, 1.165) is 15.9 Å². The van der Waals surface area contributed by atoms with Crippen molar-refractivity contribution in [2.45, 2.75) is 50.5 Å². The van der Waals surface area contributed by atoms with Gasteiger partial charge in [0.25, 0.3) is 15.9 Å². The first-order valence-electron chi connectivity index (χ1n) is 9.26. The van der Waals surface area contributed by atoms with E-state index in [1.807, 2.05) is 6.92 Å². The predicted molar refractivity (Wildman–Crippen MR) is 101 cm³/mol. The molecule has 1 saturated heterocycles. The van der Waals surface area contributed by atoms with E-state index in [2.05, 4.69) is 0 Å². The number of amides is 1. The molecule has 8 heteroatoms. The molecule has 28 heavy (non-hydrogen) atoms. The molecule has 1 spiro atoms. The monoisotopic (exact) mass is 405 g/mol. The molecular weight excluding hydrogens is 382 g/mol. The Morgan fingerprint density at radius 3 is 2.54 bits per heavy atom. The van der Waals surface area contributed by atoms with Crippen LogP contribution >= 0.6 is 0 Å². The second-order valence-electron chi connectivity index (χ2n) is 7.16. The fourth-order valence-electron chi connectivity index (χ4n) is 3.90. The standard InChI is InChI=1S/C20H23NO6S/c1-3-27-18(23)11-8-15-13-20(12-4-5-17(20)22)19(24)21(15)28(25,26)16-9-6-14(2)7-10-16/h6-11,15H,3-5,12-13H2,1-2H3/b11-8+/t15-,20-/m0/s1. The number of carbonyl (C=O) groups excluding carboxylic acids is 3. The third-order valence-corrected chi connectivity index (χ3v) is 7.15. The Hall–Kier alpha value is -2.48. The number of rotatable bonds is 5. The van der Waals surface area contributed by atoms with E-state index < -0.39 is 33.4 Å². The van der Waals surface area contributed by atoms with Crippen molar-refractivity contribution in [3.63, 3.8) is 0 Å². The number of esters is 1. The van der Waals surface area contributed by atoms with Gasteiger partial charge >= 0.3 is 5.97 Å². The van der Waals surface area contributed by atoms with Crippen molar-refractivity contribution in [1.82, 2.24) is 4.31 Å². The smallest absolute Gasteiger partial charge is 0.330 e. The van der Waals surface area contributed by atoms with Gasteiger partial charge < -0.3 is 4.74 Å². The van der Waals surface area contributed by atoms with Gasteiger partial charge in [-0.3, -0.25) is 9.59 Å². The van der Waals surface area contributed by atoms with Crippen molar-refractivity contribution >= 4 is 27.7 Å². The highest BCUT2D eigenvalue weighted by molar-refractivity contribution is 7.89. The lowest BCUT2D eigenvalue weighted by Gasteiger charge is -2.23. The fourth-order valence-corrected chi connectivity index (χ4v) is 5.50. The topological polar surface area (TPSA) is 97.8 Å². The number of aryl methyl sites for hydroxylation is 1. The van der Waals surface area contributed by atoms with Crippen LogP contribution in [-0.4, -0.2) is 43.0 Å². The van der Waals surface area contributed by atoms with Crippen molar-refractivity contribution in [3.05, 3.63) is 42.0 Å². The van der Waals surface area contributed by atoms with Crippen LogP contribution in [0.5, 0.6) is 0 Å². The number of hydrogen-bond donors (Lipinski definition) is 0. The van der Waals surface area contributed by atoms with Crippen molar-refractivity contribution in [2.75, 3.05) is 6.61 Å². The lowest BCUT2D eigenvalue weighted by Crippen LogP contribution is -2.42. The first-order chi connectivity index (χ1) is 13.2. The van der Waals surface area contributed by atoms with E-state index in [1.165, 1.54) is 18.2 Å². The predicted octanol–water partition coefficient (Wildman–Crippen LogP) is 2.14. The molecule has 150 valence electrons. The Morgan fingerprint density at radius 2 is 1.96 bits per heavy atom. The molecule has 2 atom stereocenters. The molecule has 0 aromatic heterocycles. The number of sulfonamides is 1. The summed E-state index contributed by atoms with van der Waals surface area (Å²) in [5.74, 6) is -1.55. The van der Waals surface area contributed by atoms with Crippen LogP contribution in [0.4, 0.5) is 0 Å². The van der Waals surface area contributed by atoms with Gasteiger partial charge in [-0.05, 0) is 45.2 Å². The van der Waals surface area contributed by atoms with Crippen LogP contribution in [0, 0.1) is 12.3 Å². The third kappa shape index (κ3) is 3.37. The van der Waals surface area contributed by atoms with Gasteiger partial charge in [-0.2, -0.15) is 0 Å². The quantitative estimate of drug-likeness (QED) is 0.423. The summed E-state index contributed by atoms with van der Waals surface area (Å²) in [6.45, 7) is 3.67. The van der Waals surface area contributed by atoms with Crippen LogP contribution < -0.4 is 0 Å². The zero-order valence-corrected chi connectivity index (χ0v) is 16.7. The average Bonchev–Trinajstić information content (AvgIpc) is 3.15. The number of ether oxygens (including phenoxy) is 1. The number of nitrogens with zero attached hydrogens (tertiary/aromatic N) is 1. The van der Waals surface area contributed by atoms with Crippen LogP contribution in [0.3, 0.4) is 0 Å². The summed E-state index contributed by atoms with van der Waals surface area (Å²) in [5, 5.41) is 0. The highest BCUT2D eigenvalue weighted by atomic mass is 32.2. The lowest BCUT2D eigenvalue weighted by molar-refractivity contribution is -0.140. The van der Waals surface area contributed by atoms with Gasteiger partial charge in [0, 0.05) is 12.5 Å². The molecule has 0 unspecified atom stereocenters. The van der Waals surface area contributed by atoms with Gasteiger partial charge in [0.15, 0.2) is 0 Å². The Morgan fingerprint density at radius 1 is 1.29 bits per heavy atom. The highest BCUT2D eigenvalue weighted by Gasteiger charge is 2.60. The van der Waals surface area contributed by atoms with Gasteiger partial charge in [-0.15, -0.1) is 0 Å². The summed E-state index contributed by atoms with van der Waals surface area (Å²) < 4.78 is 32.1. The minimum atomic E-state index is -4.17. The molecule has 1 saturated carbocycles. The third-order valence-electron chi connectivity index (χ3n) is 5.33. The zero-order chi connectivity index (χ0) is 20.5. The Balaban J connectivity index is 2.03. The molecule has 3 rings (SSSR count). The largest absolute Gasteiger partial charge is 0.463 e. The van der Waals surface area contributed by atoms with Gasteiger partial charge in [0.1, 0.15) is 11.2 Å². The number of Topliss-reactive ketones (excluding diaryl/α,β-unsaturated/α-hetero) is 1. The minimum Gasteiger partial charge on any atom is -0.463 e. The number of carbonyl (C=O) groups is 3. The van der Waals surface area contributed by atoms with E-state index in [9.17, 15) is 22.8 Å². The maximum Gasteiger partial charge on any atom is 0.330 e. The first-order valence-corrected chi connectivity index (χ1v) is 10.7. The Labute approximate surface area is 164 Å². The van der Waals surface area contributed by atoms with Crippen molar-refractivity contribution < 1.29 is 27.5 Å². The summed E-state index contributed by atoms with van der Waals surface area (Å²) in [6, 6.07) is 5.25. The summed E-state index contributed by atoms with van der Waals surface area (Å²) in [4.78, 5) is 37.3. The van der Waals surface area contributed by atoms with E-state index in [-0.39, 0.29) is 30.1 Å². The lowest BCUT2D eigenvalue weighted by atomic mass is 9.82. The molecule has 1 aromatic rings. The molecule has 0 N–H and O–H groups in total. The zero-order valence-electron chi connectivity index (χ0n) is 15.9. The molecule has 7 nitrogen and oxygen atoms in total. The molecule has 1 aliphatic heterocycles. The summed E-state index contributed by atoms with van der Waals surface area (Å²) in [7, 11) is -4.17. The second-order valence-corrected chi connectivity index (χ2v) is 8.98. The van der Waals surface area contributed by atoms with E-state index in [1.54, 1.807) is 19.1 Å². The molecule has 1 aromatic carbocycles. The number of ketones is 1. The number of benzene rings is 1. The van der Waals surface area contributed by atoms with Crippen LogP contribution in [-0.2, 0) is 29.1 Å². The van der Waals surface area contributed by atoms with Crippen LogP contribution in [0.15, 0.2) is 41.3 Å².